The Labute approximate surface area is 170 Å². The van der Waals surface area contributed by atoms with Crippen molar-refractivity contribution in [2.24, 2.45) is 0 Å². The molecule has 0 N–H and O–H groups in total. The highest BCUT2D eigenvalue weighted by Gasteiger charge is 2.28. The Morgan fingerprint density at radius 2 is 1.83 bits per heavy atom. The van der Waals surface area contributed by atoms with Gasteiger partial charge in [0, 0.05) is 24.9 Å². The number of aromatic nitrogens is 2. The van der Waals surface area contributed by atoms with Gasteiger partial charge in [0.2, 0.25) is 11.8 Å². The zero-order chi connectivity index (χ0) is 20.4. The molecule has 1 unspecified atom stereocenters. The summed E-state index contributed by atoms with van der Waals surface area (Å²) in [7, 11) is -1.53. The maximum atomic E-state index is 11.6. The molecule has 0 aliphatic carbocycles. The zero-order valence-electron chi connectivity index (χ0n) is 16.4. The first-order chi connectivity index (χ1) is 13.9. The number of benzene rings is 2. The number of methoxy groups -OCH3 is 1. The third-order valence-corrected chi connectivity index (χ3v) is 6.29. The Balaban J connectivity index is 1.39. The van der Waals surface area contributed by atoms with Crippen molar-refractivity contribution in [1.29, 1.82) is 0 Å². The van der Waals surface area contributed by atoms with Crippen LogP contribution in [0.5, 0.6) is 5.75 Å². The van der Waals surface area contributed by atoms with Crippen LogP contribution in [0.2, 0.25) is 0 Å². The summed E-state index contributed by atoms with van der Waals surface area (Å²) in [5.74, 6) is 2.15. The molecule has 29 heavy (non-hydrogen) atoms. The maximum absolute atomic E-state index is 11.6. The fraction of sp³-hybridized carbons (Fsp3) is 0.333. The number of rotatable bonds is 6. The largest absolute Gasteiger partial charge is 0.497 e. The second-order valence-corrected chi connectivity index (χ2v) is 9.33. The SMILES string of the molecule is COc1ccc(-c2nnc(C3CCN(Cc4ccc(S(C)(=O)=O)cc4)C3)o2)cc1. The molecule has 1 fully saturated rings. The van der Waals surface area contributed by atoms with Gasteiger partial charge in [-0.1, -0.05) is 12.1 Å². The molecule has 0 saturated carbocycles. The summed E-state index contributed by atoms with van der Waals surface area (Å²) >= 11 is 0. The number of nitrogens with zero attached hydrogens (tertiary/aromatic N) is 3. The summed E-state index contributed by atoms with van der Waals surface area (Å²) in [6.45, 7) is 2.52. The van der Waals surface area contributed by atoms with E-state index in [1.807, 2.05) is 36.4 Å². The summed E-state index contributed by atoms with van der Waals surface area (Å²) in [4.78, 5) is 2.66. The second-order valence-electron chi connectivity index (χ2n) is 7.31. The van der Waals surface area contributed by atoms with Crippen LogP contribution in [0.15, 0.2) is 57.8 Å². The van der Waals surface area contributed by atoms with Crippen LogP contribution in [0, 0.1) is 0 Å². The Bertz CT molecular complexity index is 1080. The standard InChI is InChI=1S/C21H23N3O4S/c1-27-18-7-5-16(6-8-18)20-22-23-21(28-20)17-11-12-24(14-17)13-15-3-9-19(10-4-15)29(2,25)26/h3-10,17H,11-14H2,1-2H3. The lowest BCUT2D eigenvalue weighted by Crippen LogP contribution is -2.19. The van der Waals surface area contributed by atoms with Crippen molar-refractivity contribution >= 4 is 9.84 Å². The Morgan fingerprint density at radius 1 is 1.10 bits per heavy atom. The van der Waals surface area contributed by atoms with E-state index in [2.05, 4.69) is 15.1 Å². The van der Waals surface area contributed by atoms with Crippen LogP contribution in [0.25, 0.3) is 11.5 Å². The molecule has 3 aromatic rings. The minimum atomic E-state index is -3.16. The Kier molecular flexibility index (Phi) is 5.38. The van der Waals surface area contributed by atoms with E-state index in [1.54, 1.807) is 19.2 Å². The van der Waals surface area contributed by atoms with E-state index in [-0.39, 0.29) is 5.92 Å². The van der Waals surface area contributed by atoms with Crippen LogP contribution in [0.1, 0.15) is 23.8 Å². The van der Waals surface area contributed by atoms with Crippen molar-refractivity contribution in [3.63, 3.8) is 0 Å². The summed E-state index contributed by atoms with van der Waals surface area (Å²) in [6.07, 6.45) is 2.17. The molecule has 1 aliphatic heterocycles. The number of hydrogen-bond acceptors (Lipinski definition) is 7. The van der Waals surface area contributed by atoms with E-state index >= 15 is 0 Å². The van der Waals surface area contributed by atoms with Gasteiger partial charge in [-0.25, -0.2) is 8.42 Å². The Morgan fingerprint density at radius 3 is 2.48 bits per heavy atom. The quantitative estimate of drug-likeness (QED) is 0.614. The highest BCUT2D eigenvalue weighted by Crippen LogP contribution is 2.30. The van der Waals surface area contributed by atoms with Gasteiger partial charge in [-0.15, -0.1) is 10.2 Å². The van der Waals surface area contributed by atoms with Gasteiger partial charge in [-0.2, -0.15) is 0 Å². The van der Waals surface area contributed by atoms with E-state index in [1.165, 1.54) is 6.26 Å². The molecule has 2 aromatic carbocycles. The molecular formula is C21H23N3O4S. The third kappa shape index (κ3) is 4.49. The molecule has 1 saturated heterocycles. The molecule has 0 bridgehead atoms. The molecule has 152 valence electrons. The minimum absolute atomic E-state index is 0.199. The van der Waals surface area contributed by atoms with E-state index < -0.39 is 9.84 Å². The average Bonchev–Trinajstić information content (AvgIpc) is 3.37. The molecule has 8 heteroatoms. The van der Waals surface area contributed by atoms with Crippen LogP contribution in [-0.2, 0) is 16.4 Å². The highest BCUT2D eigenvalue weighted by molar-refractivity contribution is 7.90. The summed E-state index contributed by atoms with van der Waals surface area (Å²) in [5.41, 5.74) is 1.95. The van der Waals surface area contributed by atoms with Crippen LogP contribution in [0.4, 0.5) is 0 Å². The normalized spacial score (nSPS) is 17.5. The fourth-order valence-corrected chi connectivity index (χ4v) is 4.16. The number of sulfone groups is 1. The molecule has 0 amide bonds. The van der Waals surface area contributed by atoms with Gasteiger partial charge in [0.15, 0.2) is 9.84 Å². The maximum Gasteiger partial charge on any atom is 0.247 e. The van der Waals surface area contributed by atoms with Gasteiger partial charge >= 0.3 is 0 Å². The van der Waals surface area contributed by atoms with Crippen molar-refractivity contribution in [1.82, 2.24) is 15.1 Å². The number of likely N-dealkylation sites (tertiary alicyclic amines) is 1. The summed E-state index contributed by atoms with van der Waals surface area (Å²) in [5, 5.41) is 8.45. The number of ether oxygens (including phenoxy) is 1. The molecule has 1 aliphatic rings. The first-order valence-corrected chi connectivity index (χ1v) is 11.3. The van der Waals surface area contributed by atoms with Crippen molar-refractivity contribution < 1.29 is 17.6 Å². The first kappa shape index (κ1) is 19.6. The van der Waals surface area contributed by atoms with Gasteiger partial charge in [-0.3, -0.25) is 4.90 Å². The van der Waals surface area contributed by atoms with Gasteiger partial charge in [0.05, 0.1) is 17.9 Å². The van der Waals surface area contributed by atoms with Crippen molar-refractivity contribution in [2.45, 2.75) is 23.8 Å². The fourth-order valence-electron chi connectivity index (χ4n) is 3.53. The monoisotopic (exact) mass is 413 g/mol. The van der Waals surface area contributed by atoms with E-state index in [0.29, 0.717) is 16.7 Å². The van der Waals surface area contributed by atoms with E-state index in [9.17, 15) is 8.42 Å². The topological polar surface area (TPSA) is 85.5 Å². The third-order valence-electron chi connectivity index (χ3n) is 5.16. The zero-order valence-corrected chi connectivity index (χ0v) is 17.2. The highest BCUT2D eigenvalue weighted by atomic mass is 32.2. The first-order valence-electron chi connectivity index (χ1n) is 9.41. The lowest BCUT2D eigenvalue weighted by Gasteiger charge is -2.15. The second kappa shape index (κ2) is 7.96. The molecular weight excluding hydrogens is 390 g/mol. The molecule has 7 nitrogen and oxygen atoms in total. The summed E-state index contributed by atoms with van der Waals surface area (Å²) in [6, 6.07) is 14.6. The molecule has 2 heterocycles. The molecule has 1 atom stereocenters. The van der Waals surface area contributed by atoms with Gasteiger partial charge in [0.25, 0.3) is 0 Å². The molecule has 0 spiro atoms. The van der Waals surface area contributed by atoms with Gasteiger partial charge < -0.3 is 9.15 Å². The van der Waals surface area contributed by atoms with Crippen molar-refractivity contribution in [2.75, 3.05) is 26.5 Å². The smallest absolute Gasteiger partial charge is 0.247 e. The van der Waals surface area contributed by atoms with E-state index in [0.717, 1.165) is 42.9 Å². The van der Waals surface area contributed by atoms with Crippen LogP contribution < -0.4 is 4.74 Å². The number of hydrogen-bond donors (Lipinski definition) is 0. The van der Waals surface area contributed by atoms with Crippen LogP contribution >= 0.6 is 0 Å². The summed E-state index contributed by atoms with van der Waals surface area (Å²) < 4.78 is 34.3. The van der Waals surface area contributed by atoms with Crippen LogP contribution in [-0.4, -0.2) is 50.0 Å². The molecule has 1 aromatic heterocycles. The lowest BCUT2D eigenvalue weighted by molar-refractivity contribution is 0.320. The van der Waals surface area contributed by atoms with Gasteiger partial charge in [0.1, 0.15) is 5.75 Å². The minimum Gasteiger partial charge on any atom is -0.497 e. The average molecular weight is 413 g/mol. The predicted octanol–water partition coefficient (Wildman–Crippen LogP) is 3.14. The lowest BCUT2D eigenvalue weighted by atomic mass is 10.1. The van der Waals surface area contributed by atoms with Crippen LogP contribution in [0.3, 0.4) is 0 Å². The van der Waals surface area contributed by atoms with Crippen molar-refractivity contribution in [3.8, 4) is 17.2 Å². The predicted molar refractivity (Wildman–Crippen MR) is 108 cm³/mol. The Hall–Kier alpha value is -2.71. The molecule has 4 rings (SSSR count). The van der Waals surface area contributed by atoms with Crippen molar-refractivity contribution in [3.05, 3.63) is 60.0 Å². The molecule has 0 radical (unpaired) electrons. The van der Waals surface area contributed by atoms with E-state index in [4.69, 9.17) is 9.15 Å². The van der Waals surface area contributed by atoms with Gasteiger partial charge in [-0.05, 0) is 54.9 Å².